The summed E-state index contributed by atoms with van der Waals surface area (Å²) >= 11 is 5.78. The zero-order chi connectivity index (χ0) is 9.68. The fourth-order valence-corrected chi connectivity index (χ4v) is 1.70. The van der Waals surface area contributed by atoms with E-state index < -0.39 is 0 Å². The van der Waals surface area contributed by atoms with Crippen LogP contribution in [0.4, 0.5) is 0 Å². The van der Waals surface area contributed by atoms with Crippen molar-refractivity contribution in [3.05, 3.63) is 0 Å². The molecule has 1 N–H and O–H groups in total. The first-order valence-electron chi connectivity index (χ1n) is 5.11. The first-order chi connectivity index (χ1) is 6.24. The van der Waals surface area contributed by atoms with Crippen molar-refractivity contribution >= 4 is 11.6 Å². The molecule has 0 saturated carbocycles. The maximum atomic E-state index is 5.78. The van der Waals surface area contributed by atoms with Gasteiger partial charge < -0.3 is 10.1 Å². The summed E-state index contributed by atoms with van der Waals surface area (Å²) in [6.45, 7) is 7.31. The van der Waals surface area contributed by atoms with Crippen LogP contribution in [0.15, 0.2) is 0 Å². The standard InChI is InChI=1S/C10H20ClNO/c1-8(5-11)9(2)12-6-10-3-4-13-7-10/h8-10,12H,3-7H2,1-2H3. The Kier molecular flexibility index (Phi) is 5.07. The molecule has 0 amide bonds. The Morgan fingerprint density at radius 1 is 1.54 bits per heavy atom. The number of hydrogen-bond acceptors (Lipinski definition) is 2. The van der Waals surface area contributed by atoms with E-state index in [0.717, 1.165) is 25.6 Å². The van der Waals surface area contributed by atoms with E-state index >= 15 is 0 Å². The predicted octanol–water partition coefficient (Wildman–Crippen LogP) is 1.88. The van der Waals surface area contributed by atoms with Crippen LogP contribution < -0.4 is 5.32 Å². The van der Waals surface area contributed by atoms with Gasteiger partial charge in [-0.15, -0.1) is 11.6 Å². The van der Waals surface area contributed by atoms with E-state index in [4.69, 9.17) is 16.3 Å². The SMILES string of the molecule is CC(CCl)C(C)NCC1CCOC1. The normalized spacial score (nSPS) is 27.5. The third-order valence-electron chi connectivity index (χ3n) is 2.85. The van der Waals surface area contributed by atoms with Crippen molar-refractivity contribution in [3.8, 4) is 0 Å². The highest BCUT2D eigenvalue weighted by Crippen LogP contribution is 2.12. The molecule has 13 heavy (non-hydrogen) atoms. The van der Waals surface area contributed by atoms with E-state index in [0.29, 0.717) is 17.9 Å². The Labute approximate surface area is 86.0 Å². The number of ether oxygens (including phenoxy) is 1. The second-order valence-corrected chi connectivity index (χ2v) is 4.37. The largest absolute Gasteiger partial charge is 0.381 e. The zero-order valence-corrected chi connectivity index (χ0v) is 9.31. The van der Waals surface area contributed by atoms with Crippen LogP contribution in [0.5, 0.6) is 0 Å². The molecule has 1 heterocycles. The molecule has 1 saturated heterocycles. The highest BCUT2D eigenvalue weighted by molar-refractivity contribution is 6.18. The van der Waals surface area contributed by atoms with Gasteiger partial charge in [0.25, 0.3) is 0 Å². The Hall–Kier alpha value is 0.210. The third-order valence-corrected chi connectivity index (χ3v) is 3.34. The van der Waals surface area contributed by atoms with Crippen molar-refractivity contribution in [1.29, 1.82) is 0 Å². The highest BCUT2D eigenvalue weighted by Gasteiger charge is 2.17. The van der Waals surface area contributed by atoms with Crippen LogP contribution in [0.25, 0.3) is 0 Å². The van der Waals surface area contributed by atoms with Crippen LogP contribution in [0, 0.1) is 11.8 Å². The Bertz CT molecular complexity index is 137. The van der Waals surface area contributed by atoms with Gasteiger partial charge in [0.2, 0.25) is 0 Å². The molecule has 0 aliphatic carbocycles. The lowest BCUT2D eigenvalue weighted by molar-refractivity contribution is 0.184. The smallest absolute Gasteiger partial charge is 0.0507 e. The minimum Gasteiger partial charge on any atom is -0.381 e. The maximum Gasteiger partial charge on any atom is 0.0507 e. The van der Waals surface area contributed by atoms with E-state index in [1.165, 1.54) is 6.42 Å². The molecule has 3 heteroatoms. The topological polar surface area (TPSA) is 21.3 Å². The summed E-state index contributed by atoms with van der Waals surface area (Å²) in [4.78, 5) is 0. The summed E-state index contributed by atoms with van der Waals surface area (Å²) in [6.07, 6.45) is 1.20. The zero-order valence-electron chi connectivity index (χ0n) is 8.55. The molecule has 1 fully saturated rings. The van der Waals surface area contributed by atoms with E-state index in [2.05, 4.69) is 19.2 Å². The van der Waals surface area contributed by atoms with Gasteiger partial charge in [-0.05, 0) is 25.2 Å². The molecule has 1 aliphatic heterocycles. The van der Waals surface area contributed by atoms with Gasteiger partial charge in [0.05, 0.1) is 6.61 Å². The molecule has 0 bridgehead atoms. The van der Waals surface area contributed by atoms with Crippen molar-refractivity contribution in [3.63, 3.8) is 0 Å². The van der Waals surface area contributed by atoms with E-state index in [1.54, 1.807) is 0 Å². The number of alkyl halides is 1. The van der Waals surface area contributed by atoms with Gasteiger partial charge in [0, 0.05) is 25.1 Å². The van der Waals surface area contributed by atoms with Crippen LogP contribution >= 0.6 is 11.6 Å². The Balaban J connectivity index is 2.10. The van der Waals surface area contributed by atoms with Crippen LogP contribution in [-0.2, 0) is 4.74 Å². The molecular weight excluding hydrogens is 186 g/mol. The van der Waals surface area contributed by atoms with E-state index in [9.17, 15) is 0 Å². The van der Waals surface area contributed by atoms with Crippen LogP contribution in [0.3, 0.4) is 0 Å². The van der Waals surface area contributed by atoms with Crippen molar-refractivity contribution in [2.75, 3.05) is 25.6 Å². The second kappa shape index (κ2) is 5.84. The Morgan fingerprint density at radius 3 is 2.85 bits per heavy atom. The molecule has 0 aromatic carbocycles. The fourth-order valence-electron chi connectivity index (χ4n) is 1.43. The number of rotatable bonds is 5. The molecule has 0 aromatic heterocycles. The monoisotopic (exact) mass is 205 g/mol. The van der Waals surface area contributed by atoms with E-state index in [-0.39, 0.29) is 0 Å². The molecule has 2 nitrogen and oxygen atoms in total. The second-order valence-electron chi connectivity index (χ2n) is 4.06. The van der Waals surface area contributed by atoms with Crippen molar-refractivity contribution in [2.24, 2.45) is 11.8 Å². The maximum absolute atomic E-state index is 5.78. The van der Waals surface area contributed by atoms with Crippen LogP contribution in [0.2, 0.25) is 0 Å². The molecule has 3 atom stereocenters. The van der Waals surface area contributed by atoms with Gasteiger partial charge in [-0.25, -0.2) is 0 Å². The molecular formula is C10H20ClNO. The quantitative estimate of drug-likeness (QED) is 0.693. The highest BCUT2D eigenvalue weighted by atomic mass is 35.5. The number of halogens is 1. The summed E-state index contributed by atoms with van der Waals surface area (Å²) < 4.78 is 5.31. The third kappa shape index (κ3) is 3.84. The summed E-state index contributed by atoms with van der Waals surface area (Å²) in [6, 6.07) is 0.512. The fraction of sp³-hybridized carbons (Fsp3) is 1.00. The van der Waals surface area contributed by atoms with Crippen molar-refractivity contribution in [1.82, 2.24) is 5.32 Å². The number of nitrogens with one attached hydrogen (secondary N) is 1. The summed E-state index contributed by atoms with van der Waals surface area (Å²) in [7, 11) is 0. The summed E-state index contributed by atoms with van der Waals surface area (Å²) in [5.74, 6) is 1.99. The molecule has 1 rings (SSSR count). The summed E-state index contributed by atoms with van der Waals surface area (Å²) in [5.41, 5.74) is 0. The molecule has 0 aromatic rings. The molecule has 0 radical (unpaired) electrons. The van der Waals surface area contributed by atoms with Crippen molar-refractivity contribution < 1.29 is 4.74 Å². The summed E-state index contributed by atoms with van der Waals surface area (Å²) in [5, 5.41) is 3.51. The molecule has 1 aliphatic rings. The van der Waals surface area contributed by atoms with Gasteiger partial charge >= 0.3 is 0 Å². The van der Waals surface area contributed by atoms with Crippen LogP contribution in [0.1, 0.15) is 20.3 Å². The molecule has 3 unspecified atom stereocenters. The first kappa shape index (κ1) is 11.3. The lowest BCUT2D eigenvalue weighted by Crippen LogP contribution is -2.36. The van der Waals surface area contributed by atoms with E-state index in [1.807, 2.05) is 0 Å². The van der Waals surface area contributed by atoms with Crippen molar-refractivity contribution in [2.45, 2.75) is 26.3 Å². The lowest BCUT2D eigenvalue weighted by Gasteiger charge is -2.20. The van der Waals surface area contributed by atoms with Gasteiger partial charge in [0.15, 0.2) is 0 Å². The lowest BCUT2D eigenvalue weighted by atomic mass is 10.0. The molecule has 0 spiro atoms. The first-order valence-corrected chi connectivity index (χ1v) is 5.64. The predicted molar refractivity (Wildman–Crippen MR) is 56.3 cm³/mol. The van der Waals surface area contributed by atoms with Gasteiger partial charge in [0.1, 0.15) is 0 Å². The number of hydrogen-bond donors (Lipinski definition) is 1. The minimum absolute atomic E-state index is 0.512. The molecule has 78 valence electrons. The van der Waals surface area contributed by atoms with Gasteiger partial charge in [-0.2, -0.15) is 0 Å². The Morgan fingerprint density at radius 2 is 2.31 bits per heavy atom. The average molecular weight is 206 g/mol. The minimum atomic E-state index is 0.512. The average Bonchev–Trinajstić information content (AvgIpc) is 2.65. The van der Waals surface area contributed by atoms with Crippen LogP contribution in [-0.4, -0.2) is 31.7 Å². The van der Waals surface area contributed by atoms with Gasteiger partial charge in [-0.3, -0.25) is 0 Å². The van der Waals surface area contributed by atoms with Gasteiger partial charge in [-0.1, -0.05) is 6.92 Å².